The number of amides is 1. The van der Waals surface area contributed by atoms with Crippen LogP contribution in [0.15, 0.2) is 54.9 Å². The number of hydrogen-bond acceptors (Lipinski definition) is 3. The Morgan fingerprint density at radius 2 is 1.88 bits per heavy atom. The van der Waals surface area contributed by atoms with Gasteiger partial charge in [0.25, 0.3) is 5.91 Å². The highest BCUT2D eigenvalue weighted by molar-refractivity contribution is 5.95. The lowest BCUT2D eigenvalue weighted by Crippen LogP contribution is -2.24. The standard InChI is InChI=1S/C20H23N3O2/c24-13-7-2-1-6-11-21-20(25)17-10-12-23-15-18(22-19(23)14-17)16-8-4-3-5-9-16/h3-5,8-10,12,14-15,24H,1-2,6-7,11,13H2,(H,21,25). The quantitative estimate of drug-likeness (QED) is 0.620. The number of hydrogen-bond donors (Lipinski definition) is 2. The number of pyridine rings is 1. The first-order chi connectivity index (χ1) is 12.3. The first-order valence-electron chi connectivity index (χ1n) is 8.71. The molecule has 0 spiro atoms. The monoisotopic (exact) mass is 337 g/mol. The van der Waals surface area contributed by atoms with Crippen LogP contribution in [-0.2, 0) is 0 Å². The highest BCUT2D eigenvalue weighted by atomic mass is 16.2. The molecule has 0 bridgehead atoms. The van der Waals surface area contributed by atoms with Crippen molar-refractivity contribution in [1.29, 1.82) is 0 Å². The molecule has 0 aliphatic rings. The van der Waals surface area contributed by atoms with Crippen LogP contribution in [0.3, 0.4) is 0 Å². The van der Waals surface area contributed by atoms with Crippen LogP contribution in [0.25, 0.3) is 16.9 Å². The number of benzene rings is 1. The van der Waals surface area contributed by atoms with Gasteiger partial charge in [0.05, 0.1) is 5.69 Å². The summed E-state index contributed by atoms with van der Waals surface area (Å²) in [4.78, 5) is 16.9. The van der Waals surface area contributed by atoms with Gasteiger partial charge in [0, 0.05) is 36.7 Å². The zero-order valence-corrected chi connectivity index (χ0v) is 14.2. The van der Waals surface area contributed by atoms with Crippen LogP contribution in [0.1, 0.15) is 36.0 Å². The smallest absolute Gasteiger partial charge is 0.251 e. The molecule has 0 aliphatic heterocycles. The van der Waals surface area contributed by atoms with Crippen LogP contribution in [0.2, 0.25) is 0 Å². The minimum Gasteiger partial charge on any atom is -0.396 e. The SMILES string of the molecule is O=C(NCCCCCCO)c1ccn2cc(-c3ccccc3)nc2c1. The van der Waals surface area contributed by atoms with Gasteiger partial charge in [-0.25, -0.2) is 4.98 Å². The molecule has 0 fully saturated rings. The Kier molecular flexibility index (Phi) is 5.80. The number of nitrogens with zero attached hydrogens (tertiary/aromatic N) is 2. The predicted molar refractivity (Wildman–Crippen MR) is 98.5 cm³/mol. The average molecular weight is 337 g/mol. The Bertz CT molecular complexity index is 827. The number of rotatable bonds is 8. The van der Waals surface area contributed by atoms with Gasteiger partial charge in [-0.2, -0.15) is 0 Å². The molecule has 0 radical (unpaired) electrons. The van der Waals surface area contributed by atoms with E-state index < -0.39 is 0 Å². The number of carbonyl (C=O) groups excluding carboxylic acids is 1. The topological polar surface area (TPSA) is 66.6 Å². The molecular formula is C20H23N3O2. The van der Waals surface area contributed by atoms with E-state index in [1.165, 1.54) is 0 Å². The van der Waals surface area contributed by atoms with Crippen LogP contribution >= 0.6 is 0 Å². The lowest BCUT2D eigenvalue weighted by atomic mass is 10.2. The Hall–Kier alpha value is -2.66. The first-order valence-corrected chi connectivity index (χ1v) is 8.71. The molecule has 2 N–H and O–H groups in total. The molecule has 5 heteroatoms. The van der Waals surface area contributed by atoms with Crippen molar-refractivity contribution in [3.8, 4) is 11.3 Å². The molecule has 3 aromatic rings. The van der Waals surface area contributed by atoms with Crippen molar-refractivity contribution in [1.82, 2.24) is 14.7 Å². The van der Waals surface area contributed by atoms with Crippen LogP contribution in [0, 0.1) is 0 Å². The second-order valence-electron chi connectivity index (χ2n) is 6.07. The van der Waals surface area contributed by atoms with E-state index in [2.05, 4.69) is 10.3 Å². The van der Waals surface area contributed by atoms with Gasteiger partial charge in [-0.05, 0) is 25.0 Å². The van der Waals surface area contributed by atoms with Crippen molar-refractivity contribution in [3.63, 3.8) is 0 Å². The van der Waals surface area contributed by atoms with Gasteiger partial charge in [0.15, 0.2) is 0 Å². The molecule has 1 aromatic carbocycles. The second kappa shape index (κ2) is 8.44. The van der Waals surface area contributed by atoms with Gasteiger partial charge in [-0.1, -0.05) is 43.2 Å². The first kappa shape index (κ1) is 17.2. The van der Waals surface area contributed by atoms with E-state index in [-0.39, 0.29) is 12.5 Å². The summed E-state index contributed by atoms with van der Waals surface area (Å²) in [6.45, 7) is 0.890. The highest BCUT2D eigenvalue weighted by Gasteiger charge is 2.09. The van der Waals surface area contributed by atoms with E-state index in [1.54, 1.807) is 0 Å². The lowest BCUT2D eigenvalue weighted by Gasteiger charge is -2.05. The third-order valence-electron chi connectivity index (χ3n) is 4.16. The van der Waals surface area contributed by atoms with Crippen molar-refractivity contribution < 1.29 is 9.90 Å². The summed E-state index contributed by atoms with van der Waals surface area (Å²) in [5.41, 5.74) is 3.32. The van der Waals surface area contributed by atoms with Gasteiger partial charge in [-0.3, -0.25) is 4.79 Å². The third-order valence-corrected chi connectivity index (χ3v) is 4.16. The van der Waals surface area contributed by atoms with E-state index in [1.807, 2.05) is 59.3 Å². The molecule has 0 atom stereocenters. The third kappa shape index (κ3) is 4.45. The van der Waals surface area contributed by atoms with Crippen LogP contribution < -0.4 is 5.32 Å². The van der Waals surface area contributed by atoms with Crippen LogP contribution in [0.5, 0.6) is 0 Å². The van der Waals surface area contributed by atoms with E-state index in [4.69, 9.17) is 5.11 Å². The lowest BCUT2D eigenvalue weighted by molar-refractivity contribution is 0.0953. The van der Waals surface area contributed by atoms with Gasteiger partial charge in [0.2, 0.25) is 0 Å². The Labute approximate surface area is 147 Å². The predicted octanol–water partition coefficient (Wildman–Crippen LogP) is 3.28. The second-order valence-corrected chi connectivity index (χ2v) is 6.07. The summed E-state index contributed by atoms with van der Waals surface area (Å²) in [6.07, 6.45) is 7.59. The van der Waals surface area contributed by atoms with E-state index in [9.17, 15) is 4.79 Å². The van der Waals surface area contributed by atoms with Crippen molar-refractivity contribution in [2.24, 2.45) is 0 Å². The summed E-state index contributed by atoms with van der Waals surface area (Å²) in [5.74, 6) is -0.0751. The molecule has 2 aromatic heterocycles. The number of aliphatic hydroxyl groups excluding tert-OH is 1. The zero-order valence-electron chi connectivity index (χ0n) is 14.2. The number of aliphatic hydroxyl groups is 1. The molecule has 25 heavy (non-hydrogen) atoms. The Morgan fingerprint density at radius 3 is 2.68 bits per heavy atom. The molecule has 5 nitrogen and oxygen atoms in total. The number of nitrogens with one attached hydrogen (secondary N) is 1. The van der Waals surface area contributed by atoms with E-state index in [0.717, 1.165) is 42.6 Å². The Balaban J connectivity index is 1.64. The minimum atomic E-state index is -0.0751. The Morgan fingerprint density at radius 1 is 1.08 bits per heavy atom. The maximum atomic E-state index is 12.3. The molecule has 0 saturated carbocycles. The molecule has 0 saturated heterocycles. The zero-order chi connectivity index (χ0) is 17.5. The summed E-state index contributed by atoms with van der Waals surface area (Å²) in [6, 6.07) is 13.6. The minimum absolute atomic E-state index is 0.0751. The largest absolute Gasteiger partial charge is 0.396 e. The van der Waals surface area contributed by atoms with E-state index >= 15 is 0 Å². The number of unbranched alkanes of at least 4 members (excludes halogenated alkanes) is 3. The molecule has 130 valence electrons. The van der Waals surface area contributed by atoms with Crippen LogP contribution in [-0.4, -0.2) is 33.6 Å². The number of carbonyl (C=O) groups is 1. The summed E-state index contributed by atoms with van der Waals surface area (Å²) in [7, 11) is 0. The molecular weight excluding hydrogens is 314 g/mol. The summed E-state index contributed by atoms with van der Waals surface area (Å²) in [5, 5.41) is 11.7. The fraction of sp³-hybridized carbons (Fsp3) is 0.300. The van der Waals surface area contributed by atoms with Crippen LogP contribution in [0.4, 0.5) is 0 Å². The molecule has 0 unspecified atom stereocenters. The molecule has 1 amide bonds. The van der Waals surface area contributed by atoms with E-state index in [0.29, 0.717) is 12.1 Å². The maximum Gasteiger partial charge on any atom is 0.251 e. The fourth-order valence-electron chi connectivity index (χ4n) is 2.77. The summed E-state index contributed by atoms with van der Waals surface area (Å²) < 4.78 is 1.92. The fourth-order valence-corrected chi connectivity index (χ4v) is 2.77. The summed E-state index contributed by atoms with van der Waals surface area (Å²) >= 11 is 0. The molecule has 3 rings (SSSR count). The van der Waals surface area contributed by atoms with Crippen molar-refractivity contribution in [2.45, 2.75) is 25.7 Å². The molecule has 2 heterocycles. The maximum absolute atomic E-state index is 12.3. The highest BCUT2D eigenvalue weighted by Crippen LogP contribution is 2.19. The van der Waals surface area contributed by atoms with Gasteiger partial charge in [0.1, 0.15) is 5.65 Å². The number of imidazole rings is 1. The number of fused-ring (bicyclic) bond motifs is 1. The van der Waals surface area contributed by atoms with Gasteiger partial charge >= 0.3 is 0 Å². The van der Waals surface area contributed by atoms with Gasteiger partial charge < -0.3 is 14.8 Å². The number of aromatic nitrogens is 2. The van der Waals surface area contributed by atoms with Crippen molar-refractivity contribution in [2.75, 3.05) is 13.2 Å². The normalized spacial score (nSPS) is 10.9. The van der Waals surface area contributed by atoms with Crippen molar-refractivity contribution >= 4 is 11.6 Å². The van der Waals surface area contributed by atoms with Crippen molar-refractivity contribution in [3.05, 3.63) is 60.4 Å². The van der Waals surface area contributed by atoms with Gasteiger partial charge in [-0.15, -0.1) is 0 Å². The average Bonchev–Trinajstić information content (AvgIpc) is 3.08. The molecule has 0 aliphatic carbocycles.